The van der Waals surface area contributed by atoms with Gasteiger partial charge in [-0.25, -0.2) is 4.68 Å². The fourth-order valence-electron chi connectivity index (χ4n) is 4.13. The van der Waals surface area contributed by atoms with Crippen molar-refractivity contribution in [1.82, 2.24) is 15.1 Å². The first-order valence-electron chi connectivity index (χ1n) is 9.97. The number of nitrogens with zero attached hydrogens (tertiary/aromatic N) is 3. The van der Waals surface area contributed by atoms with Crippen molar-refractivity contribution in [2.75, 3.05) is 11.9 Å². The molecule has 1 fully saturated rings. The number of anilines is 1. The number of rotatable bonds is 5. The number of hydrogen-bond acceptors (Lipinski definition) is 4. The van der Waals surface area contributed by atoms with Crippen LogP contribution in [0.2, 0.25) is 0 Å². The van der Waals surface area contributed by atoms with Gasteiger partial charge < -0.3 is 10.6 Å². The molecule has 1 saturated carbocycles. The van der Waals surface area contributed by atoms with Gasteiger partial charge in [0.2, 0.25) is 5.91 Å². The quantitative estimate of drug-likeness (QED) is 0.826. The van der Waals surface area contributed by atoms with Crippen LogP contribution in [0.3, 0.4) is 0 Å². The average molecular weight is 380 g/mol. The summed E-state index contributed by atoms with van der Waals surface area (Å²) in [5.41, 5.74) is 1.36. The third kappa shape index (κ3) is 4.60. The highest BCUT2D eigenvalue weighted by Gasteiger charge is 2.34. The Morgan fingerprint density at radius 2 is 1.96 bits per heavy atom. The fraction of sp³-hybridized carbons (Fsp3) is 0.500. The second-order valence-electron chi connectivity index (χ2n) is 8.56. The smallest absolute Gasteiger partial charge is 0.239 e. The molecule has 3 rings (SSSR count). The lowest BCUT2D eigenvalue weighted by Crippen LogP contribution is -2.46. The first kappa shape index (κ1) is 20.1. The predicted octanol–water partition coefficient (Wildman–Crippen LogP) is 3.88. The summed E-state index contributed by atoms with van der Waals surface area (Å²) in [5, 5.41) is 20.0. The molecular weight excluding hydrogens is 350 g/mol. The molecule has 0 saturated heterocycles. The number of carbonyl (C=O) groups is 1. The van der Waals surface area contributed by atoms with E-state index in [-0.39, 0.29) is 17.9 Å². The number of amides is 1. The van der Waals surface area contributed by atoms with Crippen molar-refractivity contribution in [2.24, 2.45) is 11.3 Å². The third-order valence-electron chi connectivity index (χ3n) is 5.55. The van der Waals surface area contributed by atoms with Gasteiger partial charge in [-0.3, -0.25) is 4.79 Å². The van der Waals surface area contributed by atoms with E-state index in [0.717, 1.165) is 12.1 Å². The van der Waals surface area contributed by atoms with Crippen LogP contribution >= 0.6 is 0 Å². The van der Waals surface area contributed by atoms with Crippen LogP contribution in [-0.2, 0) is 4.79 Å². The molecule has 2 aromatic rings. The van der Waals surface area contributed by atoms with E-state index >= 15 is 0 Å². The molecule has 1 aromatic heterocycles. The Bertz CT molecular complexity index is 844. The monoisotopic (exact) mass is 379 g/mol. The first-order valence-corrected chi connectivity index (χ1v) is 9.97. The summed E-state index contributed by atoms with van der Waals surface area (Å²) in [6.07, 6.45) is 6.23. The molecular formula is C22H29N5O. The molecule has 28 heavy (non-hydrogen) atoms. The molecule has 148 valence electrons. The van der Waals surface area contributed by atoms with Crippen LogP contribution in [0, 0.1) is 22.7 Å². The number of para-hydroxylation sites is 1. The molecule has 1 heterocycles. The van der Waals surface area contributed by atoms with Crippen LogP contribution in [-0.4, -0.2) is 28.3 Å². The van der Waals surface area contributed by atoms with E-state index in [0.29, 0.717) is 23.3 Å². The second kappa shape index (κ2) is 8.57. The van der Waals surface area contributed by atoms with Gasteiger partial charge in [-0.15, -0.1) is 0 Å². The standard InChI is InChI=1S/C22H29N5O/c1-22(2,3)18-11-7-8-12-19(18)24-15-20(28)26-21-16(13-23)14-25-27(21)17-9-5-4-6-10-17/h4-6,9-10,14,18-19,24H,7-8,11-12,15H2,1-3H3,(H,26,28). The Labute approximate surface area is 166 Å². The summed E-state index contributed by atoms with van der Waals surface area (Å²) >= 11 is 0. The number of nitrogens with one attached hydrogen (secondary N) is 2. The topological polar surface area (TPSA) is 82.7 Å². The van der Waals surface area contributed by atoms with Gasteiger partial charge in [-0.2, -0.15) is 10.4 Å². The summed E-state index contributed by atoms with van der Waals surface area (Å²) in [7, 11) is 0. The van der Waals surface area contributed by atoms with Crippen molar-refractivity contribution < 1.29 is 4.79 Å². The van der Waals surface area contributed by atoms with Gasteiger partial charge in [0, 0.05) is 6.04 Å². The number of nitriles is 1. The minimum Gasteiger partial charge on any atom is -0.308 e. The molecule has 1 aromatic carbocycles. The average Bonchev–Trinajstić information content (AvgIpc) is 3.09. The fourth-order valence-corrected chi connectivity index (χ4v) is 4.13. The number of aromatic nitrogens is 2. The number of benzene rings is 1. The molecule has 2 unspecified atom stereocenters. The molecule has 0 radical (unpaired) electrons. The van der Waals surface area contributed by atoms with Crippen molar-refractivity contribution in [3.63, 3.8) is 0 Å². The van der Waals surface area contributed by atoms with Crippen molar-refractivity contribution in [3.8, 4) is 11.8 Å². The van der Waals surface area contributed by atoms with E-state index in [9.17, 15) is 10.1 Å². The van der Waals surface area contributed by atoms with Crippen molar-refractivity contribution >= 4 is 11.7 Å². The van der Waals surface area contributed by atoms with Crippen LogP contribution < -0.4 is 10.6 Å². The third-order valence-corrected chi connectivity index (χ3v) is 5.55. The summed E-state index contributed by atoms with van der Waals surface area (Å²) in [4.78, 5) is 12.6. The van der Waals surface area contributed by atoms with E-state index in [1.165, 1.54) is 25.5 Å². The highest BCUT2D eigenvalue weighted by molar-refractivity contribution is 5.93. The maximum Gasteiger partial charge on any atom is 0.239 e. The first-order chi connectivity index (χ1) is 13.4. The Morgan fingerprint density at radius 3 is 2.64 bits per heavy atom. The van der Waals surface area contributed by atoms with Crippen molar-refractivity contribution in [1.29, 1.82) is 5.26 Å². The van der Waals surface area contributed by atoms with Crippen LogP contribution in [0.4, 0.5) is 5.82 Å². The highest BCUT2D eigenvalue weighted by Crippen LogP contribution is 2.37. The van der Waals surface area contributed by atoms with Gasteiger partial charge in [0.25, 0.3) is 0 Å². The van der Waals surface area contributed by atoms with Crippen LogP contribution in [0.15, 0.2) is 36.5 Å². The molecule has 6 heteroatoms. The molecule has 2 N–H and O–H groups in total. The summed E-state index contributed by atoms with van der Waals surface area (Å²) < 4.78 is 1.59. The second-order valence-corrected chi connectivity index (χ2v) is 8.56. The largest absolute Gasteiger partial charge is 0.308 e. The van der Waals surface area contributed by atoms with E-state index in [2.05, 4.69) is 42.6 Å². The lowest BCUT2D eigenvalue weighted by atomic mass is 9.69. The van der Waals surface area contributed by atoms with Gasteiger partial charge in [-0.1, -0.05) is 51.8 Å². The van der Waals surface area contributed by atoms with Gasteiger partial charge in [-0.05, 0) is 36.3 Å². The molecule has 6 nitrogen and oxygen atoms in total. The molecule has 0 bridgehead atoms. The Kier molecular flexibility index (Phi) is 6.15. The lowest BCUT2D eigenvalue weighted by Gasteiger charge is -2.40. The Hall–Kier alpha value is -2.65. The molecule has 1 aliphatic rings. The van der Waals surface area contributed by atoms with Crippen LogP contribution in [0.5, 0.6) is 0 Å². The minimum atomic E-state index is -0.160. The number of carbonyl (C=O) groups excluding carboxylic acids is 1. The summed E-state index contributed by atoms with van der Waals surface area (Å²) in [6, 6.07) is 11.9. The van der Waals surface area contributed by atoms with Gasteiger partial charge in [0.05, 0.1) is 18.4 Å². The maximum atomic E-state index is 12.6. The predicted molar refractivity (Wildman–Crippen MR) is 110 cm³/mol. The maximum absolute atomic E-state index is 12.6. The van der Waals surface area contributed by atoms with E-state index < -0.39 is 0 Å². The Balaban J connectivity index is 1.69. The molecule has 2 atom stereocenters. The van der Waals surface area contributed by atoms with E-state index in [1.807, 2.05) is 30.3 Å². The van der Waals surface area contributed by atoms with E-state index in [4.69, 9.17) is 0 Å². The zero-order chi connectivity index (χ0) is 20.1. The van der Waals surface area contributed by atoms with Crippen LogP contribution in [0.25, 0.3) is 5.69 Å². The van der Waals surface area contributed by atoms with E-state index in [1.54, 1.807) is 4.68 Å². The van der Waals surface area contributed by atoms with Crippen molar-refractivity contribution in [3.05, 3.63) is 42.1 Å². The Morgan fingerprint density at radius 1 is 1.25 bits per heavy atom. The van der Waals surface area contributed by atoms with Crippen LogP contribution in [0.1, 0.15) is 52.0 Å². The molecule has 1 amide bonds. The number of hydrogen-bond donors (Lipinski definition) is 2. The van der Waals surface area contributed by atoms with Gasteiger partial charge in [0.1, 0.15) is 11.6 Å². The lowest BCUT2D eigenvalue weighted by molar-refractivity contribution is -0.115. The molecule has 0 aliphatic heterocycles. The zero-order valence-corrected chi connectivity index (χ0v) is 16.9. The molecule has 1 aliphatic carbocycles. The SMILES string of the molecule is CC(C)(C)C1CCCCC1NCC(=O)Nc1c(C#N)cnn1-c1ccccc1. The summed E-state index contributed by atoms with van der Waals surface area (Å²) in [6.45, 7) is 7.04. The zero-order valence-electron chi connectivity index (χ0n) is 16.9. The highest BCUT2D eigenvalue weighted by atomic mass is 16.2. The normalized spacial score (nSPS) is 19.8. The minimum absolute atomic E-state index is 0.160. The van der Waals surface area contributed by atoms with Gasteiger partial charge >= 0.3 is 0 Å². The van der Waals surface area contributed by atoms with Crippen molar-refractivity contribution in [2.45, 2.75) is 52.5 Å². The molecule has 0 spiro atoms. The summed E-state index contributed by atoms with van der Waals surface area (Å²) in [5.74, 6) is 0.808. The van der Waals surface area contributed by atoms with Gasteiger partial charge in [0.15, 0.2) is 5.82 Å².